The second kappa shape index (κ2) is 6.50. The molecular formula is C12H15Br2NO2S. The first-order chi connectivity index (χ1) is 8.61. The van der Waals surface area contributed by atoms with E-state index in [0.29, 0.717) is 5.92 Å². The van der Waals surface area contributed by atoms with Crippen LogP contribution in [-0.4, -0.2) is 37.6 Å². The number of halogens is 2. The van der Waals surface area contributed by atoms with Gasteiger partial charge in [-0.15, -0.1) is 11.3 Å². The van der Waals surface area contributed by atoms with Crippen LogP contribution in [0.5, 0.6) is 0 Å². The van der Waals surface area contributed by atoms with Crippen molar-refractivity contribution in [3.8, 4) is 0 Å². The summed E-state index contributed by atoms with van der Waals surface area (Å²) < 4.78 is 7.09. The number of carbonyl (C=O) groups excluding carboxylic acids is 1. The van der Waals surface area contributed by atoms with Crippen LogP contribution in [0.3, 0.4) is 0 Å². The molecule has 18 heavy (non-hydrogen) atoms. The number of likely N-dealkylation sites (tertiary alicyclic amines) is 1. The third-order valence-electron chi connectivity index (χ3n) is 3.16. The number of hydrogen-bond acceptors (Lipinski definition) is 3. The Morgan fingerprint density at radius 2 is 2.17 bits per heavy atom. The maximum atomic E-state index is 12.3. The van der Waals surface area contributed by atoms with E-state index in [9.17, 15) is 4.79 Å². The van der Waals surface area contributed by atoms with Gasteiger partial charge in [-0.3, -0.25) is 4.79 Å². The van der Waals surface area contributed by atoms with Gasteiger partial charge in [-0.25, -0.2) is 0 Å². The molecule has 2 heterocycles. The van der Waals surface area contributed by atoms with Gasteiger partial charge in [0.05, 0.1) is 8.66 Å². The molecule has 1 saturated heterocycles. The van der Waals surface area contributed by atoms with Crippen LogP contribution < -0.4 is 0 Å². The maximum Gasteiger partial charge on any atom is 0.264 e. The van der Waals surface area contributed by atoms with E-state index in [-0.39, 0.29) is 5.91 Å². The van der Waals surface area contributed by atoms with Crippen molar-refractivity contribution < 1.29 is 9.53 Å². The second-order valence-corrected chi connectivity index (χ2v) is 7.65. The highest BCUT2D eigenvalue weighted by Gasteiger charge is 2.24. The van der Waals surface area contributed by atoms with E-state index in [0.717, 1.165) is 45.7 Å². The minimum Gasteiger partial charge on any atom is -0.384 e. The summed E-state index contributed by atoms with van der Waals surface area (Å²) >= 11 is 8.32. The Balaban J connectivity index is 1.95. The monoisotopic (exact) mass is 395 g/mol. The van der Waals surface area contributed by atoms with Gasteiger partial charge in [-0.2, -0.15) is 0 Å². The van der Waals surface area contributed by atoms with Crippen LogP contribution in [0.15, 0.2) is 14.3 Å². The minimum atomic E-state index is 0.141. The van der Waals surface area contributed by atoms with Crippen LogP contribution in [0.4, 0.5) is 0 Å². The predicted octanol–water partition coefficient (Wildman–Crippen LogP) is 3.77. The molecule has 6 heteroatoms. The Morgan fingerprint density at radius 1 is 1.50 bits per heavy atom. The van der Waals surface area contributed by atoms with Gasteiger partial charge in [0.2, 0.25) is 0 Å². The van der Waals surface area contributed by atoms with E-state index in [1.807, 2.05) is 11.0 Å². The van der Waals surface area contributed by atoms with Gasteiger partial charge in [0, 0.05) is 31.3 Å². The Kier molecular flexibility index (Phi) is 5.24. The Labute approximate surface area is 128 Å². The van der Waals surface area contributed by atoms with Crippen molar-refractivity contribution in [1.29, 1.82) is 0 Å². The fourth-order valence-corrected chi connectivity index (χ4v) is 4.15. The average Bonchev–Trinajstić information content (AvgIpc) is 2.70. The number of nitrogens with zero attached hydrogens (tertiary/aromatic N) is 1. The van der Waals surface area contributed by atoms with Crippen LogP contribution in [0, 0.1) is 5.92 Å². The predicted molar refractivity (Wildman–Crippen MR) is 80.2 cm³/mol. The third-order valence-corrected chi connectivity index (χ3v) is 6.40. The third kappa shape index (κ3) is 3.35. The van der Waals surface area contributed by atoms with E-state index in [1.165, 1.54) is 11.3 Å². The normalized spacial score (nSPS) is 17.2. The van der Waals surface area contributed by atoms with Gasteiger partial charge >= 0.3 is 0 Å². The molecule has 1 aromatic heterocycles. The van der Waals surface area contributed by atoms with Crippen molar-refractivity contribution >= 4 is 49.1 Å². The quantitative estimate of drug-likeness (QED) is 0.778. The largest absolute Gasteiger partial charge is 0.384 e. The molecule has 100 valence electrons. The smallest absolute Gasteiger partial charge is 0.264 e. The summed E-state index contributed by atoms with van der Waals surface area (Å²) in [4.78, 5) is 15.0. The molecule has 1 fully saturated rings. The number of carbonyl (C=O) groups is 1. The number of thiophene rings is 1. The Morgan fingerprint density at radius 3 is 2.67 bits per heavy atom. The number of amides is 1. The van der Waals surface area contributed by atoms with Gasteiger partial charge < -0.3 is 9.64 Å². The first-order valence-electron chi connectivity index (χ1n) is 5.85. The molecule has 1 aromatic rings. The lowest BCUT2D eigenvalue weighted by Gasteiger charge is -2.31. The highest BCUT2D eigenvalue weighted by atomic mass is 79.9. The molecule has 0 atom stereocenters. The van der Waals surface area contributed by atoms with Crippen molar-refractivity contribution in [2.75, 3.05) is 26.8 Å². The molecule has 0 aliphatic carbocycles. The number of hydrogen-bond donors (Lipinski definition) is 0. The molecule has 1 aliphatic rings. The SMILES string of the molecule is COCC1CCN(C(=O)c2cc(Br)c(Br)s2)CC1. The van der Waals surface area contributed by atoms with E-state index in [2.05, 4.69) is 31.9 Å². The summed E-state index contributed by atoms with van der Waals surface area (Å²) in [6.07, 6.45) is 2.07. The topological polar surface area (TPSA) is 29.5 Å². The van der Waals surface area contributed by atoms with E-state index in [4.69, 9.17) is 4.74 Å². The second-order valence-electron chi connectivity index (χ2n) is 4.42. The van der Waals surface area contributed by atoms with Gasteiger partial charge in [-0.1, -0.05) is 0 Å². The van der Waals surface area contributed by atoms with Gasteiger partial charge in [0.1, 0.15) is 0 Å². The first kappa shape index (κ1) is 14.5. The van der Waals surface area contributed by atoms with Gasteiger partial charge in [0.15, 0.2) is 0 Å². The highest BCUT2D eigenvalue weighted by molar-refractivity contribution is 9.13. The summed E-state index contributed by atoms with van der Waals surface area (Å²) in [7, 11) is 1.73. The fourth-order valence-electron chi connectivity index (χ4n) is 2.15. The molecule has 3 nitrogen and oxygen atoms in total. The van der Waals surface area contributed by atoms with Crippen LogP contribution in [0.1, 0.15) is 22.5 Å². The molecule has 0 aromatic carbocycles. The molecule has 0 radical (unpaired) electrons. The zero-order valence-corrected chi connectivity index (χ0v) is 14.1. The Bertz CT molecular complexity index is 408. The maximum absolute atomic E-state index is 12.3. The van der Waals surface area contributed by atoms with Gasteiger partial charge in [0.25, 0.3) is 5.91 Å². The van der Waals surface area contributed by atoms with E-state index in [1.54, 1.807) is 7.11 Å². The lowest BCUT2D eigenvalue weighted by Crippen LogP contribution is -2.39. The standard InChI is InChI=1S/C12H15Br2NO2S/c1-17-7-8-2-4-15(5-3-8)12(16)10-6-9(13)11(14)18-10/h6,8H,2-5,7H2,1H3. The fraction of sp³-hybridized carbons (Fsp3) is 0.583. The lowest BCUT2D eigenvalue weighted by atomic mass is 9.98. The number of ether oxygens (including phenoxy) is 1. The summed E-state index contributed by atoms with van der Waals surface area (Å²) in [5.74, 6) is 0.739. The molecular weight excluding hydrogens is 382 g/mol. The van der Waals surface area contributed by atoms with Crippen molar-refractivity contribution in [3.63, 3.8) is 0 Å². The number of rotatable bonds is 3. The zero-order valence-electron chi connectivity index (χ0n) is 10.1. The summed E-state index contributed by atoms with van der Waals surface area (Å²) in [5, 5.41) is 0. The molecule has 2 rings (SSSR count). The van der Waals surface area contributed by atoms with E-state index >= 15 is 0 Å². The van der Waals surface area contributed by atoms with Crippen LogP contribution in [0.25, 0.3) is 0 Å². The molecule has 0 spiro atoms. The van der Waals surface area contributed by atoms with Crippen molar-refractivity contribution in [2.45, 2.75) is 12.8 Å². The summed E-state index contributed by atoms with van der Waals surface area (Å²) in [6, 6.07) is 1.89. The number of methoxy groups -OCH3 is 1. The van der Waals surface area contributed by atoms with Crippen molar-refractivity contribution in [2.24, 2.45) is 5.92 Å². The van der Waals surface area contributed by atoms with Gasteiger partial charge in [-0.05, 0) is 56.7 Å². The molecule has 0 unspecified atom stereocenters. The van der Waals surface area contributed by atoms with Crippen LogP contribution in [0.2, 0.25) is 0 Å². The molecule has 0 N–H and O–H groups in total. The summed E-state index contributed by atoms with van der Waals surface area (Å²) in [6.45, 7) is 2.47. The zero-order chi connectivity index (χ0) is 13.1. The summed E-state index contributed by atoms with van der Waals surface area (Å²) in [5.41, 5.74) is 0. The molecule has 1 amide bonds. The van der Waals surface area contributed by atoms with Crippen LogP contribution >= 0.6 is 43.2 Å². The molecule has 1 aliphatic heterocycles. The average molecular weight is 397 g/mol. The van der Waals surface area contributed by atoms with Crippen LogP contribution in [-0.2, 0) is 4.74 Å². The minimum absolute atomic E-state index is 0.141. The van der Waals surface area contributed by atoms with Crippen molar-refractivity contribution in [3.05, 3.63) is 19.2 Å². The molecule has 0 bridgehead atoms. The lowest BCUT2D eigenvalue weighted by molar-refractivity contribution is 0.0618. The number of piperidine rings is 1. The molecule has 0 saturated carbocycles. The Hall–Kier alpha value is 0.0900. The van der Waals surface area contributed by atoms with Crippen molar-refractivity contribution in [1.82, 2.24) is 4.90 Å². The van der Waals surface area contributed by atoms with E-state index < -0.39 is 0 Å². The first-order valence-corrected chi connectivity index (χ1v) is 8.25. The highest BCUT2D eigenvalue weighted by Crippen LogP contribution is 2.33.